The van der Waals surface area contributed by atoms with E-state index >= 15 is 0 Å². The van der Waals surface area contributed by atoms with E-state index in [0.717, 1.165) is 13.2 Å². The minimum Gasteiger partial charge on any atom is -0.385 e. The lowest BCUT2D eigenvalue weighted by atomic mass is 9.85. The molecule has 3 N–H and O–H groups in total. The first-order chi connectivity index (χ1) is 8.26. The van der Waals surface area contributed by atoms with Crippen molar-refractivity contribution in [3.05, 3.63) is 0 Å². The molecule has 0 amide bonds. The Kier molecular flexibility index (Phi) is 4.83. The number of rotatable bonds is 7. The molecule has 0 saturated heterocycles. The van der Waals surface area contributed by atoms with Crippen LogP contribution in [0.15, 0.2) is 0 Å². The van der Waals surface area contributed by atoms with Crippen LogP contribution in [0.5, 0.6) is 0 Å². The van der Waals surface area contributed by atoms with Crippen LogP contribution < -0.4 is 11.1 Å². The third-order valence-electron chi connectivity index (χ3n) is 4.67. The van der Waals surface area contributed by atoms with Crippen molar-refractivity contribution in [1.82, 2.24) is 5.32 Å². The molecule has 0 aromatic heterocycles. The predicted molar refractivity (Wildman–Crippen MR) is 71.0 cm³/mol. The number of nitrogens with two attached hydrogens (primary N) is 1. The molecule has 2 aliphatic rings. The molecule has 0 aliphatic heterocycles. The highest BCUT2D eigenvalue weighted by Gasteiger charge is 2.41. The Morgan fingerprint density at radius 1 is 1.29 bits per heavy atom. The van der Waals surface area contributed by atoms with E-state index in [0.29, 0.717) is 17.4 Å². The van der Waals surface area contributed by atoms with Gasteiger partial charge in [-0.25, -0.2) is 0 Å². The molecular formula is C14H28N2O. The summed E-state index contributed by atoms with van der Waals surface area (Å²) in [5.41, 5.74) is 6.73. The zero-order valence-electron chi connectivity index (χ0n) is 11.2. The fourth-order valence-corrected chi connectivity index (χ4v) is 3.02. The standard InChI is InChI=1S/C14H28N2O/c1-17-9-8-14(6-7-14)11-16-10-12-4-2-3-5-13(12)15/h12-13,16H,2-11,15H2,1H3. The van der Waals surface area contributed by atoms with E-state index < -0.39 is 0 Å². The Morgan fingerprint density at radius 3 is 2.71 bits per heavy atom. The summed E-state index contributed by atoms with van der Waals surface area (Å²) < 4.78 is 5.18. The van der Waals surface area contributed by atoms with Gasteiger partial charge in [0.15, 0.2) is 0 Å². The van der Waals surface area contributed by atoms with Gasteiger partial charge in [0, 0.05) is 26.3 Å². The Morgan fingerprint density at radius 2 is 2.06 bits per heavy atom. The maximum Gasteiger partial charge on any atom is 0.0468 e. The molecule has 2 rings (SSSR count). The minimum atomic E-state index is 0.436. The van der Waals surface area contributed by atoms with Crippen molar-refractivity contribution in [2.45, 2.75) is 51.0 Å². The van der Waals surface area contributed by atoms with Crippen molar-refractivity contribution < 1.29 is 4.74 Å². The van der Waals surface area contributed by atoms with Gasteiger partial charge in [-0.3, -0.25) is 0 Å². The molecule has 3 nitrogen and oxygen atoms in total. The molecule has 2 saturated carbocycles. The average Bonchev–Trinajstić information content (AvgIpc) is 3.10. The predicted octanol–water partition coefficient (Wildman–Crippen LogP) is 1.91. The van der Waals surface area contributed by atoms with Gasteiger partial charge in [-0.1, -0.05) is 12.8 Å². The first-order valence-electron chi connectivity index (χ1n) is 7.21. The van der Waals surface area contributed by atoms with Gasteiger partial charge in [-0.2, -0.15) is 0 Å². The molecule has 2 atom stereocenters. The monoisotopic (exact) mass is 240 g/mol. The van der Waals surface area contributed by atoms with Crippen LogP contribution in [0.25, 0.3) is 0 Å². The zero-order chi connectivity index (χ0) is 12.1. The van der Waals surface area contributed by atoms with E-state index in [1.807, 2.05) is 0 Å². The van der Waals surface area contributed by atoms with Crippen LogP contribution in [-0.2, 0) is 4.74 Å². The molecular weight excluding hydrogens is 212 g/mol. The van der Waals surface area contributed by atoms with E-state index in [9.17, 15) is 0 Å². The maximum absolute atomic E-state index is 6.16. The number of ether oxygens (including phenoxy) is 1. The topological polar surface area (TPSA) is 47.3 Å². The fraction of sp³-hybridized carbons (Fsp3) is 1.00. The van der Waals surface area contributed by atoms with Gasteiger partial charge >= 0.3 is 0 Å². The SMILES string of the molecule is COCCC1(CNCC2CCCCC2N)CC1. The second-order valence-corrected chi connectivity index (χ2v) is 6.08. The molecule has 2 aliphatic carbocycles. The van der Waals surface area contributed by atoms with Gasteiger partial charge in [0.1, 0.15) is 0 Å². The third-order valence-corrected chi connectivity index (χ3v) is 4.67. The summed E-state index contributed by atoms with van der Waals surface area (Å²) >= 11 is 0. The molecule has 2 fully saturated rings. The summed E-state index contributed by atoms with van der Waals surface area (Å²) in [7, 11) is 1.80. The highest BCUT2D eigenvalue weighted by molar-refractivity contribution is 4.95. The van der Waals surface area contributed by atoms with Crippen molar-refractivity contribution in [2.24, 2.45) is 17.1 Å². The molecule has 3 heteroatoms. The summed E-state index contributed by atoms with van der Waals surface area (Å²) in [6.45, 7) is 3.19. The van der Waals surface area contributed by atoms with Crippen LogP contribution >= 0.6 is 0 Å². The molecule has 0 aromatic carbocycles. The van der Waals surface area contributed by atoms with Gasteiger partial charge in [0.05, 0.1) is 0 Å². The van der Waals surface area contributed by atoms with E-state index in [2.05, 4.69) is 5.32 Å². The first-order valence-corrected chi connectivity index (χ1v) is 7.21. The Hall–Kier alpha value is -0.120. The second-order valence-electron chi connectivity index (χ2n) is 6.08. The quantitative estimate of drug-likeness (QED) is 0.714. The fourth-order valence-electron chi connectivity index (χ4n) is 3.02. The number of hydrogen-bond acceptors (Lipinski definition) is 3. The second kappa shape index (κ2) is 6.17. The molecule has 0 radical (unpaired) electrons. The van der Waals surface area contributed by atoms with Crippen LogP contribution in [-0.4, -0.2) is 32.8 Å². The van der Waals surface area contributed by atoms with Crippen LogP contribution in [0.4, 0.5) is 0 Å². The number of methoxy groups -OCH3 is 1. The van der Waals surface area contributed by atoms with Crippen molar-refractivity contribution in [1.29, 1.82) is 0 Å². The number of nitrogens with one attached hydrogen (secondary N) is 1. The highest BCUT2D eigenvalue weighted by atomic mass is 16.5. The molecule has 17 heavy (non-hydrogen) atoms. The van der Waals surface area contributed by atoms with Crippen molar-refractivity contribution >= 4 is 0 Å². The zero-order valence-corrected chi connectivity index (χ0v) is 11.2. The van der Waals surface area contributed by atoms with Gasteiger partial charge in [0.2, 0.25) is 0 Å². The van der Waals surface area contributed by atoms with Gasteiger partial charge in [-0.05, 0) is 50.0 Å². The summed E-state index contributed by atoms with van der Waals surface area (Å²) in [5, 5.41) is 3.66. The Labute approximate surface area is 105 Å². The lowest BCUT2D eigenvalue weighted by Gasteiger charge is -2.29. The largest absolute Gasteiger partial charge is 0.385 e. The van der Waals surface area contributed by atoms with Crippen LogP contribution in [0.1, 0.15) is 44.9 Å². The van der Waals surface area contributed by atoms with Crippen LogP contribution in [0.3, 0.4) is 0 Å². The smallest absolute Gasteiger partial charge is 0.0468 e. The van der Waals surface area contributed by atoms with Crippen LogP contribution in [0.2, 0.25) is 0 Å². The summed E-state index contributed by atoms with van der Waals surface area (Å²) in [6.07, 6.45) is 9.21. The van der Waals surface area contributed by atoms with E-state index in [1.165, 1.54) is 51.5 Å². The lowest BCUT2D eigenvalue weighted by molar-refractivity contribution is 0.170. The minimum absolute atomic E-state index is 0.436. The Balaban J connectivity index is 1.62. The lowest BCUT2D eigenvalue weighted by Crippen LogP contribution is -2.40. The Bertz CT molecular complexity index is 228. The highest BCUT2D eigenvalue weighted by Crippen LogP contribution is 2.48. The summed E-state index contributed by atoms with van der Waals surface area (Å²) in [4.78, 5) is 0. The molecule has 0 aromatic rings. The third kappa shape index (κ3) is 3.94. The van der Waals surface area contributed by atoms with Gasteiger partial charge in [0.25, 0.3) is 0 Å². The average molecular weight is 240 g/mol. The van der Waals surface area contributed by atoms with Crippen molar-refractivity contribution in [3.8, 4) is 0 Å². The molecule has 100 valence electrons. The molecule has 0 heterocycles. The van der Waals surface area contributed by atoms with Crippen molar-refractivity contribution in [2.75, 3.05) is 26.8 Å². The first kappa shape index (κ1) is 13.3. The summed E-state index contributed by atoms with van der Waals surface area (Å²) in [6, 6.07) is 0.436. The van der Waals surface area contributed by atoms with E-state index in [4.69, 9.17) is 10.5 Å². The van der Waals surface area contributed by atoms with Crippen LogP contribution in [0, 0.1) is 11.3 Å². The van der Waals surface area contributed by atoms with E-state index in [1.54, 1.807) is 7.11 Å². The van der Waals surface area contributed by atoms with E-state index in [-0.39, 0.29) is 0 Å². The van der Waals surface area contributed by atoms with Gasteiger partial charge in [-0.15, -0.1) is 0 Å². The molecule has 0 bridgehead atoms. The van der Waals surface area contributed by atoms with Crippen molar-refractivity contribution in [3.63, 3.8) is 0 Å². The maximum atomic E-state index is 6.16. The molecule has 0 spiro atoms. The van der Waals surface area contributed by atoms with Gasteiger partial charge < -0.3 is 15.8 Å². The normalized spacial score (nSPS) is 31.4. The summed E-state index contributed by atoms with van der Waals surface area (Å²) in [5.74, 6) is 0.710. The molecule has 2 unspecified atom stereocenters. The number of hydrogen-bond donors (Lipinski definition) is 2.